The number of nitrogens with one attached hydrogen (secondary N) is 1. The van der Waals surface area contributed by atoms with Gasteiger partial charge in [-0.05, 0) is 24.3 Å². The topological polar surface area (TPSA) is 54.9 Å². The van der Waals surface area contributed by atoms with E-state index in [1.54, 1.807) is 0 Å². The van der Waals surface area contributed by atoms with Crippen molar-refractivity contribution >= 4 is 11.6 Å². The summed E-state index contributed by atoms with van der Waals surface area (Å²) in [6, 6.07) is 9.16. The van der Waals surface area contributed by atoms with E-state index < -0.39 is 5.69 Å². The maximum absolute atomic E-state index is 12.6. The van der Waals surface area contributed by atoms with Crippen LogP contribution in [0, 0.1) is 5.92 Å². The highest BCUT2D eigenvalue weighted by molar-refractivity contribution is 6.32. The Kier molecular flexibility index (Phi) is 3.26. The van der Waals surface area contributed by atoms with E-state index in [0.29, 0.717) is 11.5 Å². The molecule has 0 aliphatic heterocycles. The van der Waals surface area contributed by atoms with Gasteiger partial charge in [0.25, 0.3) is 5.56 Å². The smallest absolute Gasteiger partial charge is 0.297 e. The first kappa shape index (κ1) is 13.2. The number of nitrogens with zero attached hydrogens (tertiary/aromatic N) is 1. The molecular weight excluding hydrogens is 276 g/mol. The zero-order chi connectivity index (χ0) is 14.3. The first-order chi connectivity index (χ1) is 9.58. The lowest BCUT2D eigenvalue weighted by Crippen LogP contribution is -2.43. The molecule has 0 amide bonds. The number of aromatic amines is 1. The van der Waals surface area contributed by atoms with Crippen molar-refractivity contribution in [2.45, 2.75) is 25.8 Å². The second kappa shape index (κ2) is 4.94. The van der Waals surface area contributed by atoms with Crippen molar-refractivity contribution in [2.75, 3.05) is 0 Å². The SMILES string of the molecule is CC1CC(n2c(=O)[nH]c(Cl)c(-c3ccccc3)c2=O)C1. The van der Waals surface area contributed by atoms with Crippen LogP contribution < -0.4 is 11.2 Å². The second-order valence-corrected chi connectivity index (χ2v) is 5.77. The number of H-pyrrole nitrogens is 1. The van der Waals surface area contributed by atoms with Crippen molar-refractivity contribution in [2.24, 2.45) is 5.92 Å². The van der Waals surface area contributed by atoms with E-state index in [2.05, 4.69) is 11.9 Å². The van der Waals surface area contributed by atoms with Crippen molar-refractivity contribution in [3.05, 3.63) is 56.3 Å². The molecule has 0 radical (unpaired) electrons. The van der Waals surface area contributed by atoms with Crippen LogP contribution in [0.2, 0.25) is 5.15 Å². The average Bonchev–Trinajstić information content (AvgIpc) is 2.37. The van der Waals surface area contributed by atoms with Gasteiger partial charge in [0.2, 0.25) is 0 Å². The highest BCUT2D eigenvalue weighted by atomic mass is 35.5. The summed E-state index contributed by atoms with van der Waals surface area (Å²) in [6.07, 6.45) is 1.72. The molecule has 0 saturated heterocycles. The second-order valence-electron chi connectivity index (χ2n) is 5.39. The van der Waals surface area contributed by atoms with Crippen LogP contribution in [0.25, 0.3) is 11.1 Å². The third-order valence-corrected chi connectivity index (χ3v) is 4.15. The van der Waals surface area contributed by atoms with Gasteiger partial charge < -0.3 is 0 Å². The van der Waals surface area contributed by atoms with Gasteiger partial charge in [0.15, 0.2) is 0 Å². The van der Waals surface area contributed by atoms with Crippen LogP contribution in [-0.4, -0.2) is 9.55 Å². The molecule has 104 valence electrons. The molecule has 1 heterocycles. The highest BCUT2D eigenvalue weighted by Crippen LogP contribution is 2.35. The molecule has 2 aromatic rings. The van der Waals surface area contributed by atoms with Gasteiger partial charge in [0, 0.05) is 6.04 Å². The Bertz CT molecular complexity index is 743. The van der Waals surface area contributed by atoms with Crippen LogP contribution in [0.15, 0.2) is 39.9 Å². The molecule has 1 saturated carbocycles. The van der Waals surface area contributed by atoms with Crippen LogP contribution in [0.5, 0.6) is 0 Å². The first-order valence-corrected chi connectivity index (χ1v) is 7.05. The summed E-state index contributed by atoms with van der Waals surface area (Å²) < 4.78 is 1.31. The fourth-order valence-corrected chi connectivity index (χ4v) is 3.05. The summed E-state index contributed by atoms with van der Waals surface area (Å²) in [7, 11) is 0. The fraction of sp³-hybridized carbons (Fsp3) is 0.333. The molecule has 4 nitrogen and oxygen atoms in total. The van der Waals surface area contributed by atoms with E-state index in [4.69, 9.17) is 11.6 Å². The van der Waals surface area contributed by atoms with E-state index in [1.807, 2.05) is 30.3 Å². The number of benzene rings is 1. The third kappa shape index (κ3) is 2.10. The van der Waals surface area contributed by atoms with E-state index in [-0.39, 0.29) is 16.8 Å². The molecule has 0 atom stereocenters. The third-order valence-electron chi connectivity index (χ3n) is 3.86. The summed E-state index contributed by atoms with van der Waals surface area (Å²) >= 11 is 6.07. The number of hydrogen-bond donors (Lipinski definition) is 1. The van der Waals surface area contributed by atoms with Gasteiger partial charge in [-0.1, -0.05) is 48.9 Å². The van der Waals surface area contributed by atoms with Crippen molar-refractivity contribution in [1.82, 2.24) is 9.55 Å². The molecular formula is C15H15ClN2O2. The van der Waals surface area contributed by atoms with Crippen molar-refractivity contribution in [1.29, 1.82) is 0 Å². The van der Waals surface area contributed by atoms with E-state index >= 15 is 0 Å². The number of hydrogen-bond acceptors (Lipinski definition) is 2. The normalized spacial score (nSPS) is 21.5. The predicted octanol–water partition coefficient (Wildman–Crippen LogP) is 2.83. The Morgan fingerprint density at radius 2 is 1.85 bits per heavy atom. The molecule has 0 bridgehead atoms. The monoisotopic (exact) mass is 290 g/mol. The van der Waals surface area contributed by atoms with Crippen LogP contribution in [-0.2, 0) is 0 Å². The van der Waals surface area contributed by atoms with Gasteiger partial charge in [0.05, 0.1) is 5.56 Å². The fourth-order valence-electron chi connectivity index (χ4n) is 2.78. The van der Waals surface area contributed by atoms with Crippen molar-refractivity contribution < 1.29 is 0 Å². The van der Waals surface area contributed by atoms with Crippen LogP contribution in [0.3, 0.4) is 0 Å². The van der Waals surface area contributed by atoms with Gasteiger partial charge in [0.1, 0.15) is 5.15 Å². The average molecular weight is 291 g/mol. The first-order valence-electron chi connectivity index (χ1n) is 6.67. The lowest BCUT2D eigenvalue weighted by molar-refractivity contribution is 0.205. The maximum atomic E-state index is 12.6. The Balaban J connectivity index is 2.19. The highest BCUT2D eigenvalue weighted by Gasteiger charge is 2.30. The van der Waals surface area contributed by atoms with Crippen LogP contribution in [0.4, 0.5) is 0 Å². The van der Waals surface area contributed by atoms with Crippen molar-refractivity contribution in [3.8, 4) is 11.1 Å². The molecule has 1 N–H and O–H groups in total. The minimum Gasteiger partial charge on any atom is -0.297 e. The quantitative estimate of drug-likeness (QED) is 0.865. The van der Waals surface area contributed by atoms with Gasteiger partial charge in [-0.3, -0.25) is 14.3 Å². The molecule has 3 rings (SSSR count). The Hall–Kier alpha value is -1.81. The lowest BCUT2D eigenvalue weighted by Gasteiger charge is -2.33. The summed E-state index contributed by atoms with van der Waals surface area (Å²) in [4.78, 5) is 27.2. The molecule has 20 heavy (non-hydrogen) atoms. The standard InChI is InChI=1S/C15H15ClN2O2/c1-9-7-11(8-9)18-14(19)12(13(16)17-15(18)20)10-5-3-2-4-6-10/h2-6,9,11H,7-8H2,1H3,(H,17,20). The number of halogens is 1. The molecule has 1 aromatic carbocycles. The van der Waals surface area contributed by atoms with Crippen LogP contribution >= 0.6 is 11.6 Å². The summed E-state index contributed by atoms with van der Waals surface area (Å²) in [5.41, 5.74) is 0.365. The predicted molar refractivity (Wildman–Crippen MR) is 79.2 cm³/mol. The Labute approximate surface area is 121 Å². The molecule has 0 spiro atoms. The Morgan fingerprint density at radius 1 is 1.20 bits per heavy atom. The minimum absolute atomic E-state index is 0.0130. The van der Waals surface area contributed by atoms with Gasteiger partial charge in [-0.25, -0.2) is 4.79 Å². The van der Waals surface area contributed by atoms with E-state index in [1.165, 1.54) is 4.57 Å². The zero-order valence-corrected chi connectivity index (χ0v) is 11.9. The summed E-state index contributed by atoms with van der Waals surface area (Å²) in [5.74, 6) is 0.558. The molecule has 5 heteroatoms. The Morgan fingerprint density at radius 3 is 2.45 bits per heavy atom. The summed E-state index contributed by atoms with van der Waals surface area (Å²) in [5, 5.41) is 0.106. The van der Waals surface area contributed by atoms with Crippen molar-refractivity contribution in [3.63, 3.8) is 0 Å². The zero-order valence-electron chi connectivity index (χ0n) is 11.1. The molecule has 1 aromatic heterocycles. The number of aromatic nitrogens is 2. The van der Waals surface area contributed by atoms with Gasteiger partial charge >= 0.3 is 5.69 Å². The maximum Gasteiger partial charge on any atom is 0.329 e. The van der Waals surface area contributed by atoms with Gasteiger partial charge in [-0.15, -0.1) is 0 Å². The summed E-state index contributed by atoms with van der Waals surface area (Å²) in [6.45, 7) is 2.11. The number of rotatable bonds is 2. The molecule has 0 unspecified atom stereocenters. The molecule has 1 aliphatic carbocycles. The minimum atomic E-state index is -0.420. The largest absolute Gasteiger partial charge is 0.329 e. The van der Waals surface area contributed by atoms with Crippen LogP contribution in [0.1, 0.15) is 25.8 Å². The lowest BCUT2D eigenvalue weighted by atomic mass is 9.81. The van der Waals surface area contributed by atoms with Gasteiger partial charge in [-0.2, -0.15) is 0 Å². The van der Waals surface area contributed by atoms with E-state index in [9.17, 15) is 9.59 Å². The molecule has 1 aliphatic rings. The molecule has 1 fully saturated rings. The van der Waals surface area contributed by atoms with E-state index in [0.717, 1.165) is 18.4 Å².